The van der Waals surface area contributed by atoms with Crippen molar-refractivity contribution in [2.75, 3.05) is 5.88 Å². The first kappa shape index (κ1) is 14.8. The summed E-state index contributed by atoms with van der Waals surface area (Å²) in [5.74, 6) is 0.856. The molecule has 0 aromatic heterocycles. The molecule has 2 atom stereocenters. The topological polar surface area (TPSA) is 29.1 Å². The minimum Gasteiger partial charge on any atom is -0.351 e. The van der Waals surface area contributed by atoms with Crippen LogP contribution in [0.5, 0.6) is 0 Å². The molecule has 1 N–H and O–H groups in total. The first-order valence-corrected chi connectivity index (χ1v) is 6.40. The fourth-order valence-electron chi connectivity index (χ4n) is 1.52. The number of hydrogen-bond acceptors (Lipinski definition) is 1. The van der Waals surface area contributed by atoms with Gasteiger partial charge in [0.05, 0.1) is 0 Å². The first-order valence-electron chi connectivity index (χ1n) is 5.87. The second-order valence-corrected chi connectivity index (χ2v) is 4.91. The van der Waals surface area contributed by atoms with Crippen molar-refractivity contribution >= 4 is 17.5 Å². The minimum absolute atomic E-state index is 0.108. The lowest BCUT2D eigenvalue weighted by molar-refractivity contribution is -0.126. The van der Waals surface area contributed by atoms with Crippen molar-refractivity contribution in [3.63, 3.8) is 0 Å². The Labute approximate surface area is 98.8 Å². The molecule has 0 aromatic carbocycles. The SMILES string of the molecule is CCCC(C)C(=O)NC(C)(CC)CCCl. The summed E-state index contributed by atoms with van der Waals surface area (Å²) in [5.41, 5.74) is -0.138. The number of carbonyl (C=O) groups excluding carboxylic acids is 1. The Morgan fingerprint density at radius 2 is 2.07 bits per heavy atom. The van der Waals surface area contributed by atoms with Crippen LogP contribution >= 0.6 is 11.6 Å². The highest BCUT2D eigenvalue weighted by Crippen LogP contribution is 2.17. The molecule has 0 aromatic rings. The van der Waals surface area contributed by atoms with E-state index in [4.69, 9.17) is 11.6 Å². The summed E-state index contributed by atoms with van der Waals surface area (Å²) in [5, 5.41) is 3.11. The highest BCUT2D eigenvalue weighted by atomic mass is 35.5. The molecule has 0 aliphatic carbocycles. The molecule has 1 amide bonds. The van der Waals surface area contributed by atoms with E-state index in [0.717, 1.165) is 25.7 Å². The molecule has 0 heterocycles. The van der Waals surface area contributed by atoms with E-state index < -0.39 is 0 Å². The van der Waals surface area contributed by atoms with Crippen LogP contribution in [0.25, 0.3) is 0 Å². The molecule has 0 spiro atoms. The zero-order valence-electron chi connectivity index (χ0n) is 10.4. The predicted octanol–water partition coefficient (Wildman–Crippen LogP) is 3.34. The van der Waals surface area contributed by atoms with Crippen LogP contribution in [-0.4, -0.2) is 17.3 Å². The Balaban J connectivity index is 4.22. The Morgan fingerprint density at radius 3 is 2.47 bits per heavy atom. The molecule has 3 heteroatoms. The van der Waals surface area contributed by atoms with Crippen LogP contribution in [0.1, 0.15) is 53.4 Å². The normalized spacial score (nSPS) is 16.9. The van der Waals surface area contributed by atoms with E-state index in [1.54, 1.807) is 0 Å². The standard InChI is InChI=1S/C12H24ClNO/c1-5-7-10(3)11(15)14-12(4,6-2)8-9-13/h10H,5-9H2,1-4H3,(H,14,15). The van der Waals surface area contributed by atoms with Crippen molar-refractivity contribution in [3.8, 4) is 0 Å². The van der Waals surface area contributed by atoms with Gasteiger partial charge >= 0.3 is 0 Å². The maximum atomic E-state index is 11.8. The van der Waals surface area contributed by atoms with Crippen molar-refractivity contribution < 1.29 is 4.79 Å². The molecule has 15 heavy (non-hydrogen) atoms. The van der Waals surface area contributed by atoms with Gasteiger partial charge in [-0.1, -0.05) is 27.2 Å². The monoisotopic (exact) mass is 233 g/mol. The van der Waals surface area contributed by atoms with E-state index in [0.29, 0.717) is 5.88 Å². The van der Waals surface area contributed by atoms with E-state index in [9.17, 15) is 4.79 Å². The molecule has 0 fully saturated rings. The third-order valence-corrected chi connectivity index (χ3v) is 3.21. The van der Waals surface area contributed by atoms with Crippen LogP contribution in [0, 0.1) is 5.92 Å². The van der Waals surface area contributed by atoms with Crippen LogP contribution < -0.4 is 5.32 Å². The summed E-state index contributed by atoms with van der Waals surface area (Å²) in [6.07, 6.45) is 3.75. The lowest BCUT2D eigenvalue weighted by Gasteiger charge is -2.30. The third-order valence-electron chi connectivity index (χ3n) is 3.02. The Morgan fingerprint density at radius 1 is 1.47 bits per heavy atom. The van der Waals surface area contributed by atoms with Crippen LogP contribution in [0.4, 0.5) is 0 Å². The van der Waals surface area contributed by atoms with Crippen molar-refractivity contribution in [3.05, 3.63) is 0 Å². The minimum atomic E-state index is -0.138. The average Bonchev–Trinajstić information content (AvgIpc) is 2.18. The highest BCUT2D eigenvalue weighted by molar-refractivity contribution is 6.17. The molecule has 2 unspecified atom stereocenters. The largest absolute Gasteiger partial charge is 0.351 e. The molecule has 0 radical (unpaired) electrons. The molecular formula is C12H24ClNO. The van der Waals surface area contributed by atoms with Crippen molar-refractivity contribution in [1.29, 1.82) is 0 Å². The predicted molar refractivity (Wildman–Crippen MR) is 66.2 cm³/mol. The number of nitrogens with one attached hydrogen (secondary N) is 1. The fraction of sp³-hybridized carbons (Fsp3) is 0.917. The van der Waals surface area contributed by atoms with E-state index in [-0.39, 0.29) is 17.4 Å². The van der Waals surface area contributed by atoms with Gasteiger partial charge in [0.2, 0.25) is 5.91 Å². The molecule has 0 saturated carbocycles. The maximum absolute atomic E-state index is 11.8. The van der Waals surface area contributed by atoms with Gasteiger partial charge in [-0.15, -0.1) is 11.6 Å². The molecule has 0 saturated heterocycles. The molecular weight excluding hydrogens is 210 g/mol. The van der Waals surface area contributed by atoms with Gasteiger partial charge in [-0.2, -0.15) is 0 Å². The van der Waals surface area contributed by atoms with E-state index in [1.165, 1.54) is 0 Å². The summed E-state index contributed by atoms with van der Waals surface area (Å²) in [7, 11) is 0. The third kappa shape index (κ3) is 5.41. The number of alkyl halides is 1. The van der Waals surface area contributed by atoms with Crippen LogP contribution in [0.2, 0.25) is 0 Å². The molecule has 0 aliphatic rings. The van der Waals surface area contributed by atoms with E-state index in [1.807, 2.05) is 6.92 Å². The fourth-order valence-corrected chi connectivity index (χ4v) is 1.94. The van der Waals surface area contributed by atoms with Gasteiger partial charge in [-0.25, -0.2) is 0 Å². The Bertz CT molecular complexity index is 196. The second kappa shape index (κ2) is 7.10. The number of carbonyl (C=O) groups is 1. The Kier molecular flexibility index (Phi) is 6.99. The Hall–Kier alpha value is -0.240. The average molecular weight is 234 g/mol. The van der Waals surface area contributed by atoms with Gasteiger partial charge in [0, 0.05) is 17.3 Å². The molecule has 2 nitrogen and oxygen atoms in total. The lowest BCUT2D eigenvalue weighted by Crippen LogP contribution is -2.47. The number of hydrogen-bond donors (Lipinski definition) is 1. The number of amides is 1. The van der Waals surface area contributed by atoms with Gasteiger partial charge in [-0.05, 0) is 26.2 Å². The summed E-state index contributed by atoms with van der Waals surface area (Å²) >= 11 is 5.74. The number of halogens is 1. The van der Waals surface area contributed by atoms with E-state index in [2.05, 4.69) is 26.1 Å². The van der Waals surface area contributed by atoms with Crippen molar-refractivity contribution in [1.82, 2.24) is 5.32 Å². The van der Waals surface area contributed by atoms with Gasteiger partial charge in [-0.3, -0.25) is 4.79 Å². The summed E-state index contributed by atoms with van der Waals surface area (Å²) in [6.45, 7) is 8.22. The van der Waals surface area contributed by atoms with Gasteiger partial charge in [0.15, 0.2) is 0 Å². The summed E-state index contributed by atoms with van der Waals surface area (Å²) in [6, 6.07) is 0. The van der Waals surface area contributed by atoms with Crippen molar-refractivity contribution in [2.24, 2.45) is 5.92 Å². The zero-order chi connectivity index (χ0) is 11.9. The van der Waals surface area contributed by atoms with Gasteiger partial charge in [0.1, 0.15) is 0 Å². The van der Waals surface area contributed by atoms with Gasteiger partial charge < -0.3 is 5.32 Å². The quantitative estimate of drug-likeness (QED) is 0.672. The van der Waals surface area contributed by atoms with Gasteiger partial charge in [0.25, 0.3) is 0 Å². The highest BCUT2D eigenvalue weighted by Gasteiger charge is 2.25. The molecule has 0 bridgehead atoms. The smallest absolute Gasteiger partial charge is 0.223 e. The number of rotatable bonds is 7. The van der Waals surface area contributed by atoms with E-state index >= 15 is 0 Å². The van der Waals surface area contributed by atoms with Crippen molar-refractivity contribution in [2.45, 2.75) is 58.9 Å². The summed E-state index contributed by atoms with van der Waals surface area (Å²) < 4.78 is 0. The first-order chi connectivity index (χ1) is 6.99. The van der Waals surface area contributed by atoms with Crippen LogP contribution in [0.3, 0.4) is 0 Å². The molecule has 0 rings (SSSR count). The van der Waals surface area contributed by atoms with Crippen LogP contribution in [-0.2, 0) is 4.79 Å². The summed E-state index contributed by atoms with van der Waals surface area (Å²) in [4.78, 5) is 11.8. The lowest BCUT2D eigenvalue weighted by atomic mass is 9.93. The maximum Gasteiger partial charge on any atom is 0.223 e. The van der Waals surface area contributed by atoms with Crippen LogP contribution in [0.15, 0.2) is 0 Å². The molecule has 0 aliphatic heterocycles. The molecule has 90 valence electrons. The zero-order valence-corrected chi connectivity index (χ0v) is 11.2. The second-order valence-electron chi connectivity index (χ2n) is 4.53.